The van der Waals surface area contributed by atoms with Gasteiger partial charge >= 0.3 is 5.97 Å². The lowest BCUT2D eigenvalue weighted by molar-refractivity contribution is -0.143. The second kappa shape index (κ2) is 8.42. The minimum Gasteiger partial charge on any atom is -0.496 e. The Morgan fingerprint density at radius 3 is 2.85 bits per heavy atom. The van der Waals surface area contributed by atoms with Crippen LogP contribution in [0.25, 0.3) is 0 Å². The molecule has 1 N–H and O–H groups in total. The van der Waals surface area contributed by atoms with Crippen LogP contribution in [0.15, 0.2) is 46.9 Å². The summed E-state index contributed by atoms with van der Waals surface area (Å²) in [7, 11) is 1.64. The van der Waals surface area contributed by atoms with E-state index in [4.69, 9.17) is 16.3 Å². The average Bonchev–Trinajstić information content (AvgIpc) is 2.62. The average molecular weight is 439 g/mol. The van der Waals surface area contributed by atoms with Crippen molar-refractivity contribution in [3.63, 3.8) is 0 Å². The van der Waals surface area contributed by atoms with Crippen LogP contribution in [0.3, 0.4) is 0 Å². The molecule has 2 aromatic carbocycles. The summed E-state index contributed by atoms with van der Waals surface area (Å²) in [5.41, 5.74) is 2.02. The number of piperidine rings is 1. The van der Waals surface area contributed by atoms with Gasteiger partial charge in [0, 0.05) is 21.6 Å². The summed E-state index contributed by atoms with van der Waals surface area (Å²) >= 11 is 9.82. The van der Waals surface area contributed by atoms with E-state index in [0.717, 1.165) is 34.3 Å². The molecule has 0 radical (unpaired) electrons. The van der Waals surface area contributed by atoms with Crippen molar-refractivity contribution in [3.05, 3.63) is 63.1 Å². The summed E-state index contributed by atoms with van der Waals surface area (Å²) < 4.78 is 6.56. The Balaban J connectivity index is 2.08. The molecule has 0 aliphatic carbocycles. The van der Waals surface area contributed by atoms with Gasteiger partial charge in [0.25, 0.3) is 0 Å². The number of benzene rings is 2. The monoisotopic (exact) mass is 437 g/mol. The van der Waals surface area contributed by atoms with Crippen LogP contribution in [-0.2, 0) is 4.79 Å². The van der Waals surface area contributed by atoms with Gasteiger partial charge in [0.05, 0.1) is 19.1 Å². The highest BCUT2D eigenvalue weighted by Crippen LogP contribution is 2.39. The molecule has 138 valence electrons. The second-order valence-corrected chi connectivity index (χ2v) is 7.87. The first kappa shape index (κ1) is 19.2. The molecule has 0 bridgehead atoms. The molecule has 0 spiro atoms. The molecule has 26 heavy (non-hydrogen) atoms. The second-order valence-electron chi connectivity index (χ2n) is 6.52. The maximum absolute atomic E-state index is 11.5. The highest BCUT2D eigenvalue weighted by Gasteiger charge is 2.32. The summed E-state index contributed by atoms with van der Waals surface area (Å²) in [5.74, 6) is -0.346. The number of carboxylic acids is 1. The fraction of sp³-hybridized carbons (Fsp3) is 0.350. The fourth-order valence-corrected chi connectivity index (χ4v) is 4.22. The number of carbonyl (C=O) groups is 1. The molecule has 1 fully saturated rings. The van der Waals surface area contributed by atoms with E-state index in [2.05, 4.69) is 33.0 Å². The van der Waals surface area contributed by atoms with Crippen molar-refractivity contribution >= 4 is 33.5 Å². The molecule has 6 heteroatoms. The van der Waals surface area contributed by atoms with E-state index < -0.39 is 5.97 Å². The van der Waals surface area contributed by atoms with E-state index in [1.165, 1.54) is 0 Å². The smallest absolute Gasteiger partial charge is 0.307 e. The summed E-state index contributed by atoms with van der Waals surface area (Å²) in [6.07, 6.45) is 1.56. The van der Waals surface area contributed by atoms with Gasteiger partial charge in [0.15, 0.2) is 0 Å². The van der Waals surface area contributed by atoms with Crippen molar-refractivity contribution in [1.29, 1.82) is 0 Å². The Kier molecular flexibility index (Phi) is 6.22. The van der Waals surface area contributed by atoms with Crippen LogP contribution in [0.5, 0.6) is 5.75 Å². The van der Waals surface area contributed by atoms with Gasteiger partial charge in [0.2, 0.25) is 0 Å². The Morgan fingerprint density at radius 2 is 2.15 bits per heavy atom. The standard InChI is InChI=1S/C20H21BrClNO3/c1-26-18-8-7-16(22)11-17(18)19(13-4-2-6-15(21)10-13)23-9-3-5-14(12-23)20(24)25/h2,4,6-8,10-11,14,19H,3,5,9,12H2,1H3,(H,24,25). The molecule has 2 atom stereocenters. The zero-order chi connectivity index (χ0) is 18.7. The molecule has 0 amide bonds. The van der Waals surface area contributed by atoms with E-state index in [0.29, 0.717) is 18.0 Å². The zero-order valence-electron chi connectivity index (χ0n) is 14.5. The van der Waals surface area contributed by atoms with Crippen LogP contribution in [0.2, 0.25) is 5.02 Å². The maximum Gasteiger partial charge on any atom is 0.307 e. The van der Waals surface area contributed by atoms with E-state index in [-0.39, 0.29) is 12.0 Å². The minimum absolute atomic E-state index is 0.122. The number of carboxylic acid groups (broad SMARTS) is 1. The number of methoxy groups -OCH3 is 1. The van der Waals surface area contributed by atoms with Gasteiger partial charge in [0.1, 0.15) is 5.75 Å². The molecule has 2 unspecified atom stereocenters. The number of nitrogens with zero attached hydrogens (tertiary/aromatic N) is 1. The molecule has 4 nitrogen and oxygen atoms in total. The van der Waals surface area contributed by atoms with E-state index >= 15 is 0 Å². The third-order valence-electron chi connectivity index (χ3n) is 4.82. The van der Waals surface area contributed by atoms with Crippen molar-refractivity contribution in [2.75, 3.05) is 20.2 Å². The van der Waals surface area contributed by atoms with Crippen LogP contribution in [0.1, 0.15) is 30.0 Å². The summed E-state index contributed by atoms with van der Waals surface area (Å²) in [5, 5.41) is 10.1. The lowest BCUT2D eigenvalue weighted by Crippen LogP contribution is -2.41. The first-order valence-electron chi connectivity index (χ1n) is 8.55. The lowest BCUT2D eigenvalue weighted by atomic mass is 9.91. The van der Waals surface area contributed by atoms with Gasteiger partial charge in [-0.2, -0.15) is 0 Å². The van der Waals surface area contributed by atoms with Crippen molar-refractivity contribution in [2.24, 2.45) is 5.92 Å². The lowest BCUT2D eigenvalue weighted by Gasteiger charge is -2.38. The van der Waals surface area contributed by atoms with Crippen LogP contribution in [0.4, 0.5) is 0 Å². The largest absolute Gasteiger partial charge is 0.496 e. The Hall–Kier alpha value is -1.56. The molecule has 1 aliphatic rings. The first-order chi connectivity index (χ1) is 12.5. The van der Waals surface area contributed by atoms with Crippen LogP contribution >= 0.6 is 27.5 Å². The Bertz CT molecular complexity index is 798. The fourth-order valence-electron chi connectivity index (χ4n) is 3.63. The molecule has 1 heterocycles. The highest BCUT2D eigenvalue weighted by atomic mass is 79.9. The number of hydrogen-bond acceptors (Lipinski definition) is 3. The molecule has 0 aromatic heterocycles. The van der Waals surface area contributed by atoms with Gasteiger partial charge < -0.3 is 9.84 Å². The molecule has 2 aromatic rings. The van der Waals surface area contributed by atoms with Crippen LogP contribution < -0.4 is 4.74 Å². The predicted octanol–water partition coefficient (Wildman–Crippen LogP) is 5.00. The normalized spacial score (nSPS) is 19.1. The maximum atomic E-state index is 11.5. The SMILES string of the molecule is COc1ccc(Cl)cc1C(c1cccc(Br)c1)N1CCCC(C(=O)O)C1. The highest BCUT2D eigenvalue weighted by molar-refractivity contribution is 9.10. The zero-order valence-corrected chi connectivity index (χ0v) is 16.8. The molecule has 0 saturated carbocycles. The van der Waals surface area contributed by atoms with Crippen molar-refractivity contribution < 1.29 is 14.6 Å². The van der Waals surface area contributed by atoms with E-state index in [9.17, 15) is 9.90 Å². The molecular formula is C20H21BrClNO3. The van der Waals surface area contributed by atoms with Crippen LogP contribution in [0, 0.1) is 5.92 Å². The molecule has 3 rings (SSSR count). The van der Waals surface area contributed by atoms with Gasteiger partial charge in [-0.05, 0) is 55.3 Å². The predicted molar refractivity (Wildman–Crippen MR) is 106 cm³/mol. The van der Waals surface area contributed by atoms with Crippen molar-refractivity contribution in [2.45, 2.75) is 18.9 Å². The Morgan fingerprint density at radius 1 is 1.35 bits per heavy atom. The Labute approximate surface area is 166 Å². The van der Waals surface area contributed by atoms with Crippen LogP contribution in [-0.4, -0.2) is 36.2 Å². The van der Waals surface area contributed by atoms with Crippen molar-refractivity contribution in [3.8, 4) is 5.75 Å². The number of aliphatic carboxylic acids is 1. The summed E-state index contributed by atoms with van der Waals surface area (Å²) in [6, 6.07) is 13.5. The topological polar surface area (TPSA) is 49.8 Å². The number of halogens is 2. The van der Waals surface area contributed by atoms with Gasteiger partial charge in [-0.3, -0.25) is 9.69 Å². The van der Waals surface area contributed by atoms with Gasteiger partial charge in [-0.15, -0.1) is 0 Å². The van der Waals surface area contributed by atoms with E-state index in [1.807, 2.05) is 24.3 Å². The quantitative estimate of drug-likeness (QED) is 0.714. The molecule has 1 saturated heterocycles. The van der Waals surface area contributed by atoms with E-state index in [1.54, 1.807) is 13.2 Å². The minimum atomic E-state index is -0.735. The third-order valence-corrected chi connectivity index (χ3v) is 5.55. The van der Waals surface area contributed by atoms with Crippen molar-refractivity contribution in [1.82, 2.24) is 4.90 Å². The number of rotatable bonds is 5. The first-order valence-corrected chi connectivity index (χ1v) is 9.72. The third kappa shape index (κ3) is 4.22. The molecular weight excluding hydrogens is 418 g/mol. The molecule has 1 aliphatic heterocycles. The summed E-state index contributed by atoms with van der Waals surface area (Å²) in [4.78, 5) is 13.8. The number of likely N-dealkylation sites (tertiary alicyclic amines) is 1. The van der Waals surface area contributed by atoms with Gasteiger partial charge in [-0.1, -0.05) is 39.7 Å². The van der Waals surface area contributed by atoms with Gasteiger partial charge in [-0.25, -0.2) is 0 Å². The number of hydrogen-bond donors (Lipinski definition) is 1. The number of ether oxygens (including phenoxy) is 1. The summed E-state index contributed by atoms with van der Waals surface area (Å²) in [6.45, 7) is 1.33.